The molecular weight excluding hydrogens is 264 g/mol. The van der Waals surface area contributed by atoms with Crippen LogP contribution in [0.2, 0.25) is 0 Å². The molecule has 0 saturated heterocycles. The summed E-state index contributed by atoms with van der Waals surface area (Å²) in [5.41, 5.74) is 9.61. The summed E-state index contributed by atoms with van der Waals surface area (Å²) < 4.78 is 0. The quantitative estimate of drug-likeness (QED) is 0.693. The number of benzene rings is 2. The zero-order valence-electron chi connectivity index (χ0n) is 11.8. The summed E-state index contributed by atoms with van der Waals surface area (Å²) in [4.78, 5) is 25.8. The molecule has 21 heavy (non-hydrogen) atoms. The van der Waals surface area contributed by atoms with E-state index in [0.29, 0.717) is 29.8 Å². The van der Waals surface area contributed by atoms with Crippen LogP contribution in [-0.4, -0.2) is 23.3 Å². The lowest BCUT2D eigenvalue weighted by atomic mass is 10.1. The lowest BCUT2D eigenvalue weighted by Crippen LogP contribution is -2.31. The summed E-state index contributed by atoms with van der Waals surface area (Å²) in [7, 11) is 0. The monoisotopic (exact) mass is 280 g/mol. The van der Waals surface area contributed by atoms with Crippen LogP contribution in [0.3, 0.4) is 0 Å². The van der Waals surface area contributed by atoms with Crippen molar-refractivity contribution in [2.24, 2.45) is 0 Å². The van der Waals surface area contributed by atoms with Crippen LogP contribution in [0.15, 0.2) is 42.5 Å². The highest BCUT2D eigenvalue weighted by Gasteiger charge is 2.34. The molecule has 1 heterocycles. The first-order valence-corrected chi connectivity index (χ1v) is 6.87. The molecule has 0 bridgehead atoms. The van der Waals surface area contributed by atoms with Gasteiger partial charge >= 0.3 is 0 Å². The third kappa shape index (κ3) is 2.40. The van der Waals surface area contributed by atoms with Crippen LogP contribution in [0.5, 0.6) is 0 Å². The SMILES string of the molecule is Cc1cc(N)cc(CCN2C(=O)c3ccccc3C2=O)c1. The number of imide groups is 1. The Morgan fingerprint density at radius 3 is 2.19 bits per heavy atom. The van der Waals surface area contributed by atoms with Crippen LogP contribution in [0, 0.1) is 6.92 Å². The minimum Gasteiger partial charge on any atom is -0.399 e. The third-order valence-electron chi connectivity index (χ3n) is 3.66. The van der Waals surface area contributed by atoms with Crippen molar-refractivity contribution < 1.29 is 9.59 Å². The van der Waals surface area contributed by atoms with Gasteiger partial charge in [0.1, 0.15) is 0 Å². The number of aryl methyl sites for hydroxylation is 1. The lowest BCUT2D eigenvalue weighted by Gasteiger charge is -2.14. The van der Waals surface area contributed by atoms with Crippen LogP contribution in [-0.2, 0) is 6.42 Å². The molecule has 0 saturated carbocycles. The lowest BCUT2D eigenvalue weighted by molar-refractivity contribution is 0.0656. The van der Waals surface area contributed by atoms with E-state index >= 15 is 0 Å². The van der Waals surface area contributed by atoms with Crippen LogP contribution >= 0.6 is 0 Å². The normalized spacial score (nSPS) is 13.7. The molecule has 0 fully saturated rings. The number of fused-ring (bicyclic) bond motifs is 1. The van der Waals surface area contributed by atoms with Gasteiger partial charge in [-0.25, -0.2) is 0 Å². The summed E-state index contributed by atoms with van der Waals surface area (Å²) in [5.74, 6) is -0.424. The highest BCUT2D eigenvalue weighted by atomic mass is 16.2. The molecule has 4 nitrogen and oxygen atoms in total. The molecule has 0 spiro atoms. The first-order chi connectivity index (χ1) is 10.1. The molecule has 4 heteroatoms. The van der Waals surface area contributed by atoms with Crippen molar-refractivity contribution >= 4 is 17.5 Å². The van der Waals surface area contributed by atoms with Crippen molar-refractivity contribution in [2.45, 2.75) is 13.3 Å². The zero-order chi connectivity index (χ0) is 15.0. The molecule has 0 atom stereocenters. The average molecular weight is 280 g/mol. The summed E-state index contributed by atoms with van der Waals surface area (Å²) in [6, 6.07) is 12.7. The molecule has 2 aromatic carbocycles. The van der Waals surface area contributed by atoms with Gasteiger partial charge in [0.2, 0.25) is 0 Å². The molecule has 2 N–H and O–H groups in total. The highest BCUT2D eigenvalue weighted by molar-refractivity contribution is 6.21. The first-order valence-electron chi connectivity index (χ1n) is 6.87. The van der Waals surface area contributed by atoms with Crippen LogP contribution in [0.4, 0.5) is 5.69 Å². The fourth-order valence-corrected chi connectivity index (χ4v) is 2.72. The maximum atomic E-state index is 12.2. The number of carbonyl (C=O) groups excluding carboxylic acids is 2. The molecule has 0 aliphatic carbocycles. The van der Waals surface area contributed by atoms with Gasteiger partial charge in [0.15, 0.2) is 0 Å². The van der Waals surface area contributed by atoms with E-state index in [-0.39, 0.29) is 11.8 Å². The van der Waals surface area contributed by atoms with E-state index in [1.807, 2.05) is 25.1 Å². The molecule has 0 unspecified atom stereocenters. The van der Waals surface area contributed by atoms with Gasteiger partial charge in [0.25, 0.3) is 11.8 Å². The van der Waals surface area contributed by atoms with Crippen molar-refractivity contribution in [1.29, 1.82) is 0 Å². The van der Waals surface area contributed by atoms with Crippen LogP contribution in [0.25, 0.3) is 0 Å². The van der Waals surface area contributed by atoms with E-state index in [1.165, 1.54) is 4.90 Å². The van der Waals surface area contributed by atoms with Crippen molar-refractivity contribution in [3.8, 4) is 0 Å². The molecule has 1 aliphatic rings. The Bertz CT molecular complexity index is 682. The topological polar surface area (TPSA) is 63.4 Å². The zero-order valence-corrected chi connectivity index (χ0v) is 11.8. The Morgan fingerprint density at radius 2 is 1.62 bits per heavy atom. The molecule has 3 rings (SSSR count). The Kier molecular flexibility index (Phi) is 3.22. The Labute approximate surface area is 123 Å². The minimum atomic E-state index is -0.212. The van der Waals surface area contributed by atoms with Gasteiger partial charge in [-0.15, -0.1) is 0 Å². The van der Waals surface area contributed by atoms with Gasteiger partial charge in [0.05, 0.1) is 11.1 Å². The number of rotatable bonds is 3. The largest absolute Gasteiger partial charge is 0.399 e. The van der Waals surface area contributed by atoms with Crippen molar-refractivity contribution in [3.05, 3.63) is 64.7 Å². The van der Waals surface area contributed by atoms with Crippen LogP contribution < -0.4 is 5.73 Å². The number of nitrogens with zero attached hydrogens (tertiary/aromatic N) is 1. The third-order valence-corrected chi connectivity index (χ3v) is 3.66. The van der Waals surface area contributed by atoms with E-state index in [2.05, 4.69) is 0 Å². The predicted molar refractivity (Wildman–Crippen MR) is 81.1 cm³/mol. The second-order valence-electron chi connectivity index (χ2n) is 5.31. The van der Waals surface area contributed by atoms with Crippen molar-refractivity contribution in [3.63, 3.8) is 0 Å². The fourth-order valence-electron chi connectivity index (χ4n) is 2.72. The van der Waals surface area contributed by atoms with E-state index < -0.39 is 0 Å². The number of nitrogens with two attached hydrogens (primary N) is 1. The van der Waals surface area contributed by atoms with E-state index in [9.17, 15) is 9.59 Å². The van der Waals surface area contributed by atoms with E-state index in [0.717, 1.165) is 11.1 Å². The van der Waals surface area contributed by atoms with Gasteiger partial charge in [0, 0.05) is 12.2 Å². The minimum absolute atomic E-state index is 0.212. The number of anilines is 1. The smallest absolute Gasteiger partial charge is 0.261 e. The summed E-state index contributed by atoms with van der Waals surface area (Å²) in [5, 5.41) is 0. The highest BCUT2D eigenvalue weighted by Crippen LogP contribution is 2.23. The molecular formula is C17H16N2O2. The predicted octanol–water partition coefficient (Wildman–Crippen LogP) is 2.42. The van der Waals surface area contributed by atoms with Gasteiger partial charge in [-0.2, -0.15) is 0 Å². The molecule has 1 aliphatic heterocycles. The number of hydrogen-bond donors (Lipinski definition) is 1. The number of carbonyl (C=O) groups is 2. The maximum Gasteiger partial charge on any atom is 0.261 e. The summed E-state index contributed by atoms with van der Waals surface area (Å²) >= 11 is 0. The number of amides is 2. The molecule has 2 amide bonds. The Morgan fingerprint density at radius 1 is 1.00 bits per heavy atom. The van der Waals surface area contributed by atoms with Crippen LogP contribution in [0.1, 0.15) is 31.8 Å². The van der Waals surface area contributed by atoms with Gasteiger partial charge in [-0.1, -0.05) is 18.2 Å². The van der Waals surface area contributed by atoms with E-state index in [1.54, 1.807) is 24.3 Å². The van der Waals surface area contributed by atoms with Gasteiger partial charge < -0.3 is 5.73 Å². The second-order valence-corrected chi connectivity index (χ2v) is 5.31. The van der Waals surface area contributed by atoms with E-state index in [4.69, 9.17) is 5.73 Å². The van der Waals surface area contributed by atoms with Crippen molar-refractivity contribution in [2.75, 3.05) is 12.3 Å². The first kappa shape index (κ1) is 13.4. The molecule has 0 radical (unpaired) electrons. The fraction of sp³-hybridized carbons (Fsp3) is 0.176. The maximum absolute atomic E-state index is 12.2. The number of nitrogen functional groups attached to an aromatic ring is 1. The van der Waals surface area contributed by atoms with Gasteiger partial charge in [-0.05, 0) is 48.7 Å². The summed E-state index contributed by atoms with van der Waals surface area (Å²) in [6.45, 7) is 2.34. The summed E-state index contributed by atoms with van der Waals surface area (Å²) in [6.07, 6.45) is 0.608. The van der Waals surface area contributed by atoms with Crippen molar-refractivity contribution in [1.82, 2.24) is 4.90 Å². The molecule has 2 aromatic rings. The second kappa shape index (κ2) is 5.05. The molecule has 0 aromatic heterocycles. The number of hydrogen-bond acceptors (Lipinski definition) is 3. The Hall–Kier alpha value is -2.62. The van der Waals surface area contributed by atoms with Gasteiger partial charge in [-0.3, -0.25) is 14.5 Å². The average Bonchev–Trinajstić information content (AvgIpc) is 2.69. The molecule has 106 valence electrons. The Balaban J connectivity index is 1.78. The standard InChI is InChI=1S/C17H16N2O2/c1-11-8-12(10-13(18)9-11)6-7-19-16(20)14-4-2-3-5-15(14)17(19)21/h2-5,8-10H,6-7,18H2,1H3.